The molecule has 2 aromatic carbocycles. The highest BCUT2D eigenvalue weighted by Gasteiger charge is 2.11. The van der Waals surface area contributed by atoms with Crippen molar-refractivity contribution in [2.24, 2.45) is 0 Å². The molecule has 0 aromatic heterocycles. The molecule has 0 atom stereocenters. The van der Waals surface area contributed by atoms with E-state index in [2.05, 4.69) is 5.32 Å². The van der Waals surface area contributed by atoms with Crippen LogP contribution in [0.2, 0.25) is 0 Å². The molecule has 2 aromatic rings. The second-order valence-electron chi connectivity index (χ2n) is 4.13. The van der Waals surface area contributed by atoms with Gasteiger partial charge in [0.15, 0.2) is 11.6 Å². The van der Waals surface area contributed by atoms with Gasteiger partial charge in [0.05, 0.1) is 18.7 Å². The molecule has 3 nitrogen and oxygen atoms in total. The third kappa shape index (κ3) is 3.04. The van der Waals surface area contributed by atoms with Gasteiger partial charge in [-0.05, 0) is 29.8 Å². The molecule has 20 heavy (non-hydrogen) atoms. The first kappa shape index (κ1) is 13.8. The molecule has 0 unspecified atom stereocenters. The number of nitrogens with zero attached hydrogens (tertiary/aromatic N) is 1. The van der Waals surface area contributed by atoms with Gasteiger partial charge in [0.25, 0.3) is 0 Å². The predicted octanol–water partition coefficient (Wildman–Crippen LogP) is 3.46. The lowest BCUT2D eigenvalue weighted by atomic mass is 10.1. The van der Waals surface area contributed by atoms with E-state index < -0.39 is 11.6 Å². The van der Waals surface area contributed by atoms with E-state index in [1.165, 1.54) is 0 Å². The SMILES string of the molecule is COc1cccc(CNc2c(F)cc(C#N)cc2F)c1. The standard InChI is InChI=1S/C15H12F2N2O/c1-20-12-4-2-3-10(5-12)9-19-15-13(16)6-11(8-18)7-14(15)17/h2-7,19H,9H2,1H3. The number of rotatable bonds is 4. The summed E-state index contributed by atoms with van der Waals surface area (Å²) in [5.41, 5.74) is 0.534. The Morgan fingerprint density at radius 2 is 1.90 bits per heavy atom. The Hall–Kier alpha value is -2.61. The third-order valence-corrected chi connectivity index (χ3v) is 2.77. The second kappa shape index (κ2) is 6.02. The van der Waals surface area contributed by atoms with Crippen molar-refractivity contribution in [2.75, 3.05) is 12.4 Å². The van der Waals surface area contributed by atoms with Crippen LogP contribution in [0.3, 0.4) is 0 Å². The van der Waals surface area contributed by atoms with E-state index in [1.54, 1.807) is 31.4 Å². The lowest BCUT2D eigenvalue weighted by Crippen LogP contribution is -2.04. The zero-order chi connectivity index (χ0) is 14.5. The highest BCUT2D eigenvalue weighted by atomic mass is 19.1. The summed E-state index contributed by atoms with van der Waals surface area (Å²) in [6.45, 7) is 0.247. The van der Waals surface area contributed by atoms with Gasteiger partial charge >= 0.3 is 0 Å². The number of anilines is 1. The number of hydrogen-bond donors (Lipinski definition) is 1. The number of hydrogen-bond acceptors (Lipinski definition) is 3. The lowest BCUT2D eigenvalue weighted by molar-refractivity contribution is 0.414. The van der Waals surface area contributed by atoms with Crippen LogP contribution in [0.4, 0.5) is 14.5 Å². The summed E-state index contributed by atoms with van der Waals surface area (Å²) in [4.78, 5) is 0. The minimum atomic E-state index is -0.788. The van der Waals surface area contributed by atoms with E-state index in [0.717, 1.165) is 17.7 Å². The van der Waals surface area contributed by atoms with Crippen LogP contribution in [0, 0.1) is 23.0 Å². The first-order valence-electron chi connectivity index (χ1n) is 5.90. The minimum Gasteiger partial charge on any atom is -0.497 e. The fourth-order valence-electron chi connectivity index (χ4n) is 1.78. The molecule has 0 aliphatic carbocycles. The zero-order valence-corrected chi connectivity index (χ0v) is 10.8. The van der Waals surface area contributed by atoms with Crippen LogP contribution in [-0.2, 0) is 6.54 Å². The molecular formula is C15H12F2N2O. The van der Waals surface area contributed by atoms with Crippen molar-refractivity contribution >= 4 is 5.69 Å². The van der Waals surface area contributed by atoms with Crippen molar-refractivity contribution in [1.29, 1.82) is 5.26 Å². The molecule has 2 rings (SSSR count). The van der Waals surface area contributed by atoms with Gasteiger partial charge < -0.3 is 10.1 Å². The maximum Gasteiger partial charge on any atom is 0.150 e. The van der Waals surface area contributed by atoms with Crippen LogP contribution in [0.25, 0.3) is 0 Å². The van der Waals surface area contributed by atoms with E-state index in [-0.39, 0.29) is 17.8 Å². The van der Waals surface area contributed by atoms with Gasteiger partial charge in [-0.3, -0.25) is 0 Å². The topological polar surface area (TPSA) is 45.0 Å². The number of benzene rings is 2. The van der Waals surface area contributed by atoms with E-state index in [4.69, 9.17) is 10.00 Å². The number of nitriles is 1. The zero-order valence-electron chi connectivity index (χ0n) is 10.8. The molecule has 1 N–H and O–H groups in total. The number of methoxy groups -OCH3 is 1. The van der Waals surface area contributed by atoms with Gasteiger partial charge in [-0.1, -0.05) is 12.1 Å². The molecule has 0 radical (unpaired) electrons. The quantitative estimate of drug-likeness (QED) is 0.928. The predicted molar refractivity (Wildman–Crippen MR) is 71.4 cm³/mol. The van der Waals surface area contributed by atoms with Crippen LogP contribution in [0.15, 0.2) is 36.4 Å². The summed E-state index contributed by atoms with van der Waals surface area (Å²) >= 11 is 0. The Morgan fingerprint density at radius 3 is 2.50 bits per heavy atom. The molecule has 0 spiro atoms. The van der Waals surface area contributed by atoms with E-state index in [0.29, 0.717) is 5.75 Å². The van der Waals surface area contributed by atoms with E-state index in [1.807, 2.05) is 6.07 Å². The fraction of sp³-hybridized carbons (Fsp3) is 0.133. The molecule has 0 bridgehead atoms. The first-order chi connectivity index (χ1) is 9.63. The molecule has 0 aliphatic heterocycles. The summed E-state index contributed by atoms with van der Waals surface area (Å²) in [5, 5.41) is 11.3. The third-order valence-electron chi connectivity index (χ3n) is 2.77. The Balaban J connectivity index is 2.17. The first-order valence-corrected chi connectivity index (χ1v) is 5.90. The number of halogens is 2. The maximum absolute atomic E-state index is 13.7. The summed E-state index contributed by atoms with van der Waals surface area (Å²) in [6.07, 6.45) is 0. The van der Waals surface area contributed by atoms with E-state index >= 15 is 0 Å². The van der Waals surface area contributed by atoms with Crippen molar-refractivity contribution in [3.05, 3.63) is 59.2 Å². The van der Waals surface area contributed by atoms with Gasteiger partial charge in [-0.15, -0.1) is 0 Å². The van der Waals surface area contributed by atoms with E-state index in [9.17, 15) is 8.78 Å². The summed E-state index contributed by atoms with van der Waals surface area (Å²) in [7, 11) is 1.55. The fourth-order valence-corrected chi connectivity index (χ4v) is 1.78. The number of nitrogens with one attached hydrogen (secondary N) is 1. The van der Waals surface area contributed by atoms with Crippen molar-refractivity contribution in [3.8, 4) is 11.8 Å². The molecule has 0 heterocycles. The van der Waals surface area contributed by atoms with Crippen molar-refractivity contribution in [1.82, 2.24) is 0 Å². The molecule has 5 heteroatoms. The average molecular weight is 274 g/mol. The van der Waals surface area contributed by atoms with Gasteiger partial charge in [-0.25, -0.2) is 8.78 Å². The van der Waals surface area contributed by atoms with Gasteiger partial charge in [-0.2, -0.15) is 5.26 Å². The highest BCUT2D eigenvalue weighted by molar-refractivity contribution is 5.50. The van der Waals surface area contributed by atoms with Crippen LogP contribution in [0.5, 0.6) is 5.75 Å². The highest BCUT2D eigenvalue weighted by Crippen LogP contribution is 2.22. The minimum absolute atomic E-state index is 0.0491. The maximum atomic E-state index is 13.7. The van der Waals surface area contributed by atoms with Crippen LogP contribution in [-0.4, -0.2) is 7.11 Å². The Labute approximate surface area is 115 Å². The van der Waals surface area contributed by atoms with Crippen LogP contribution < -0.4 is 10.1 Å². The van der Waals surface area contributed by atoms with Crippen molar-refractivity contribution < 1.29 is 13.5 Å². The molecule has 0 fully saturated rings. The van der Waals surface area contributed by atoms with Crippen molar-refractivity contribution in [2.45, 2.75) is 6.54 Å². The molecule has 0 saturated heterocycles. The van der Waals surface area contributed by atoms with Gasteiger partial charge in [0, 0.05) is 6.54 Å². The van der Waals surface area contributed by atoms with Gasteiger partial charge in [0.2, 0.25) is 0 Å². The molecular weight excluding hydrogens is 262 g/mol. The monoisotopic (exact) mass is 274 g/mol. The Kier molecular flexibility index (Phi) is 4.16. The van der Waals surface area contributed by atoms with Crippen LogP contribution in [0.1, 0.15) is 11.1 Å². The molecule has 0 amide bonds. The smallest absolute Gasteiger partial charge is 0.150 e. The van der Waals surface area contributed by atoms with Crippen LogP contribution >= 0.6 is 0 Å². The molecule has 0 aliphatic rings. The lowest BCUT2D eigenvalue weighted by Gasteiger charge is -2.10. The molecule has 102 valence electrons. The Bertz CT molecular complexity index is 642. The van der Waals surface area contributed by atoms with Gasteiger partial charge in [0.1, 0.15) is 11.4 Å². The molecule has 0 saturated carbocycles. The second-order valence-corrected chi connectivity index (χ2v) is 4.13. The summed E-state index contributed by atoms with van der Waals surface area (Å²) < 4.78 is 32.4. The largest absolute Gasteiger partial charge is 0.497 e. The normalized spacial score (nSPS) is 9.90. The number of ether oxygens (including phenoxy) is 1. The average Bonchev–Trinajstić information content (AvgIpc) is 2.46. The van der Waals surface area contributed by atoms with Crippen molar-refractivity contribution in [3.63, 3.8) is 0 Å². The summed E-state index contributed by atoms with van der Waals surface area (Å²) in [5.74, 6) is -0.904. The Morgan fingerprint density at radius 1 is 1.20 bits per heavy atom. The summed E-state index contributed by atoms with van der Waals surface area (Å²) in [6, 6.07) is 10.9.